The number of hydrogen-bond donors (Lipinski definition) is 0. The summed E-state index contributed by atoms with van der Waals surface area (Å²) in [5, 5.41) is 8.27. The van der Waals surface area contributed by atoms with Gasteiger partial charge in [-0.2, -0.15) is 0 Å². The molecule has 0 amide bonds. The summed E-state index contributed by atoms with van der Waals surface area (Å²) in [4.78, 5) is 0.282. The van der Waals surface area contributed by atoms with Crippen LogP contribution in [0.1, 0.15) is 23.9 Å². The first-order valence-corrected chi connectivity index (χ1v) is 7.02. The topological polar surface area (TPSA) is 30.7 Å². The summed E-state index contributed by atoms with van der Waals surface area (Å²) in [6.07, 6.45) is 2.97. The van der Waals surface area contributed by atoms with Gasteiger partial charge in [0.25, 0.3) is 0 Å². The quantitative estimate of drug-likeness (QED) is 0.589. The summed E-state index contributed by atoms with van der Waals surface area (Å²) in [7, 11) is 0. The van der Waals surface area contributed by atoms with Gasteiger partial charge >= 0.3 is 0 Å². The minimum absolute atomic E-state index is 0.282. The minimum atomic E-state index is 0.282. The molecule has 1 heterocycles. The van der Waals surface area contributed by atoms with E-state index in [-0.39, 0.29) is 4.83 Å². The number of alkyl halides is 1. The zero-order valence-corrected chi connectivity index (χ0v) is 12.5. The number of nitrogens with zero attached hydrogens (tertiary/aromatic N) is 3. The van der Waals surface area contributed by atoms with E-state index in [2.05, 4.69) is 67.9 Å². The molecule has 0 saturated heterocycles. The first-order chi connectivity index (χ1) is 7.70. The molecule has 0 aliphatic carbocycles. The van der Waals surface area contributed by atoms with Crippen LogP contribution in [-0.2, 0) is 0 Å². The van der Waals surface area contributed by atoms with Gasteiger partial charge in [0, 0.05) is 3.57 Å². The molecule has 1 aromatic carbocycles. The van der Waals surface area contributed by atoms with E-state index in [1.165, 1.54) is 3.57 Å². The van der Waals surface area contributed by atoms with Crippen LogP contribution in [0.3, 0.4) is 0 Å². The fraction of sp³-hybridized carbons (Fsp3) is 0.273. The van der Waals surface area contributed by atoms with Crippen molar-refractivity contribution in [3.63, 3.8) is 0 Å². The molecule has 0 aliphatic heterocycles. The summed E-state index contributed by atoms with van der Waals surface area (Å²) >= 11 is 5.85. The van der Waals surface area contributed by atoms with E-state index in [9.17, 15) is 0 Å². The fourth-order valence-electron chi connectivity index (χ4n) is 1.35. The van der Waals surface area contributed by atoms with E-state index in [4.69, 9.17) is 0 Å². The van der Waals surface area contributed by atoms with E-state index in [0.29, 0.717) is 0 Å². The van der Waals surface area contributed by atoms with E-state index >= 15 is 0 Å². The maximum Gasteiger partial charge on any atom is 0.0967 e. The number of benzene rings is 1. The molecule has 16 heavy (non-hydrogen) atoms. The third-order valence-electron chi connectivity index (χ3n) is 2.28. The van der Waals surface area contributed by atoms with Crippen molar-refractivity contribution in [1.29, 1.82) is 0 Å². The van der Waals surface area contributed by atoms with Crippen LogP contribution in [0.5, 0.6) is 0 Å². The number of hydrogen-bond acceptors (Lipinski definition) is 2. The molecule has 5 heteroatoms. The van der Waals surface area contributed by atoms with Gasteiger partial charge in [-0.1, -0.05) is 28.1 Å². The van der Waals surface area contributed by atoms with Crippen LogP contribution < -0.4 is 0 Å². The molecule has 0 spiro atoms. The Morgan fingerprint density at radius 2 is 2.06 bits per heavy atom. The van der Waals surface area contributed by atoms with Gasteiger partial charge in [0.05, 0.1) is 22.4 Å². The van der Waals surface area contributed by atoms with Crippen molar-refractivity contribution in [2.45, 2.75) is 18.2 Å². The molecule has 0 bridgehead atoms. The lowest BCUT2D eigenvalue weighted by molar-refractivity contribution is 0.790. The Bertz CT molecular complexity index is 466. The summed E-state index contributed by atoms with van der Waals surface area (Å²) in [5.74, 6) is 0. The van der Waals surface area contributed by atoms with Gasteiger partial charge < -0.3 is 0 Å². The number of aromatic nitrogens is 3. The lowest BCUT2D eigenvalue weighted by atomic mass is 10.3. The highest BCUT2D eigenvalue weighted by Gasteiger charge is 2.09. The van der Waals surface area contributed by atoms with Crippen LogP contribution in [0.25, 0.3) is 5.69 Å². The summed E-state index contributed by atoms with van der Waals surface area (Å²) < 4.78 is 3.02. The van der Waals surface area contributed by atoms with Crippen LogP contribution in [0.2, 0.25) is 0 Å². The van der Waals surface area contributed by atoms with E-state index in [1.54, 1.807) is 4.68 Å². The highest BCUT2D eigenvalue weighted by atomic mass is 127. The molecule has 0 aliphatic rings. The maximum absolute atomic E-state index is 4.15. The van der Waals surface area contributed by atoms with Crippen LogP contribution in [0.4, 0.5) is 0 Å². The Balaban J connectivity index is 2.28. The van der Waals surface area contributed by atoms with Crippen LogP contribution in [-0.4, -0.2) is 15.0 Å². The zero-order chi connectivity index (χ0) is 11.5. The highest BCUT2D eigenvalue weighted by molar-refractivity contribution is 14.1. The highest BCUT2D eigenvalue weighted by Crippen LogP contribution is 2.24. The average Bonchev–Trinajstić information content (AvgIpc) is 2.78. The Labute approximate surface area is 117 Å². The van der Waals surface area contributed by atoms with Crippen molar-refractivity contribution >= 4 is 38.5 Å². The minimum Gasteiger partial charge on any atom is -0.220 e. The van der Waals surface area contributed by atoms with Crippen LogP contribution >= 0.6 is 38.5 Å². The Kier molecular flexibility index (Phi) is 3.96. The van der Waals surface area contributed by atoms with E-state index < -0.39 is 0 Å². The zero-order valence-electron chi connectivity index (χ0n) is 8.77. The molecule has 2 rings (SSSR count). The molecule has 0 saturated carbocycles. The maximum atomic E-state index is 4.15. The second kappa shape index (κ2) is 5.27. The predicted molar refractivity (Wildman–Crippen MR) is 76.0 cm³/mol. The first-order valence-electron chi connectivity index (χ1n) is 5.03. The molecule has 0 radical (unpaired) electrons. The van der Waals surface area contributed by atoms with Gasteiger partial charge in [0.2, 0.25) is 0 Å². The molecule has 3 nitrogen and oxygen atoms in total. The van der Waals surface area contributed by atoms with Crippen molar-refractivity contribution in [1.82, 2.24) is 15.0 Å². The van der Waals surface area contributed by atoms with Crippen molar-refractivity contribution in [2.75, 3.05) is 0 Å². The predicted octanol–water partition coefficient (Wildman–Crippen LogP) is 3.72. The first kappa shape index (κ1) is 12.0. The lowest BCUT2D eigenvalue weighted by Crippen LogP contribution is -1.94. The Hall–Kier alpha value is -0.430. The van der Waals surface area contributed by atoms with Crippen LogP contribution in [0, 0.1) is 3.57 Å². The standard InChI is InChI=1S/C11H11BrIN3/c1-2-10(12)11-7-16(15-14-11)9-5-3-8(13)4-6-9/h3-7,10H,2H2,1H3. The second-order valence-corrected chi connectivity index (χ2v) is 5.79. The summed E-state index contributed by atoms with van der Waals surface area (Å²) in [6, 6.07) is 8.19. The Morgan fingerprint density at radius 1 is 1.38 bits per heavy atom. The number of halogens is 2. The SMILES string of the molecule is CCC(Br)c1cn(-c2ccc(I)cc2)nn1. The number of rotatable bonds is 3. The van der Waals surface area contributed by atoms with Gasteiger partial charge in [-0.05, 0) is 53.3 Å². The van der Waals surface area contributed by atoms with E-state index in [1.807, 2.05) is 18.3 Å². The van der Waals surface area contributed by atoms with Gasteiger partial charge in [0.1, 0.15) is 0 Å². The second-order valence-electron chi connectivity index (χ2n) is 3.44. The van der Waals surface area contributed by atoms with Crippen molar-refractivity contribution < 1.29 is 0 Å². The molecular weight excluding hydrogens is 381 g/mol. The van der Waals surface area contributed by atoms with Crippen LogP contribution in [0.15, 0.2) is 30.5 Å². The third kappa shape index (κ3) is 2.63. The average molecular weight is 392 g/mol. The molecule has 1 aromatic heterocycles. The molecule has 0 fully saturated rings. The van der Waals surface area contributed by atoms with Crippen molar-refractivity contribution in [2.24, 2.45) is 0 Å². The van der Waals surface area contributed by atoms with E-state index in [0.717, 1.165) is 17.8 Å². The molecule has 0 N–H and O–H groups in total. The smallest absolute Gasteiger partial charge is 0.0967 e. The molecule has 84 valence electrons. The molecule has 1 atom stereocenters. The van der Waals surface area contributed by atoms with Crippen molar-refractivity contribution in [3.8, 4) is 5.69 Å². The third-order valence-corrected chi connectivity index (χ3v) is 4.12. The van der Waals surface area contributed by atoms with Gasteiger partial charge in [-0.25, -0.2) is 4.68 Å². The fourth-order valence-corrected chi connectivity index (χ4v) is 1.92. The summed E-state index contributed by atoms with van der Waals surface area (Å²) in [5.41, 5.74) is 2.01. The largest absolute Gasteiger partial charge is 0.220 e. The normalized spacial score (nSPS) is 12.7. The Morgan fingerprint density at radius 3 is 2.69 bits per heavy atom. The van der Waals surface area contributed by atoms with Gasteiger partial charge in [-0.15, -0.1) is 5.10 Å². The molecule has 1 unspecified atom stereocenters. The summed E-state index contributed by atoms with van der Waals surface area (Å²) in [6.45, 7) is 2.11. The lowest BCUT2D eigenvalue weighted by Gasteiger charge is -2.00. The monoisotopic (exact) mass is 391 g/mol. The van der Waals surface area contributed by atoms with Crippen molar-refractivity contribution in [3.05, 3.63) is 39.7 Å². The molecule has 2 aromatic rings. The van der Waals surface area contributed by atoms with Gasteiger partial charge in [-0.3, -0.25) is 0 Å². The van der Waals surface area contributed by atoms with Gasteiger partial charge in [0.15, 0.2) is 0 Å². The molecular formula is C11H11BrIN3.